The first-order valence-electron chi connectivity index (χ1n) is 5.92. The van der Waals surface area contributed by atoms with Crippen LogP contribution in [0, 0.1) is 0 Å². The van der Waals surface area contributed by atoms with Gasteiger partial charge in [-0.2, -0.15) is 13.2 Å². The van der Waals surface area contributed by atoms with Crippen LogP contribution in [-0.2, 0) is 11.3 Å². The molecule has 2 aromatic rings. The molecule has 0 bridgehead atoms. The van der Waals surface area contributed by atoms with Crippen LogP contribution in [0.4, 0.5) is 13.2 Å². The van der Waals surface area contributed by atoms with Gasteiger partial charge >= 0.3 is 12.1 Å². The number of aromatic nitrogens is 1. The first kappa shape index (κ1) is 14.9. The molecule has 5 nitrogen and oxygen atoms in total. The molecule has 1 aromatic heterocycles. The average Bonchev–Trinajstić information content (AvgIpc) is 2.78. The summed E-state index contributed by atoms with van der Waals surface area (Å²) in [4.78, 5) is 22.3. The standard InChI is InChI=1S/C13H11F3N2O3/c14-13(15,16)7-17-11(19)6-18-4-3-8-5-9(12(20)21)1-2-10(8)18/h1-5H,6-7H2,(H,17,19)(H,20,21). The molecule has 0 atom stereocenters. The molecule has 112 valence electrons. The predicted molar refractivity (Wildman–Crippen MR) is 68.0 cm³/mol. The summed E-state index contributed by atoms with van der Waals surface area (Å²) < 4.78 is 37.4. The Kier molecular flexibility index (Phi) is 3.88. The molecule has 0 saturated carbocycles. The number of carbonyl (C=O) groups excluding carboxylic acids is 1. The Labute approximate surface area is 117 Å². The Hall–Kier alpha value is -2.51. The number of alkyl halides is 3. The number of carbonyl (C=O) groups is 2. The second-order valence-electron chi connectivity index (χ2n) is 4.41. The first-order valence-corrected chi connectivity index (χ1v) is 5.92. The molecular formula is C13H11F3N2O3. The van der Waals surface area contributed by atoms with E-state index >= 15 is 0 Å². The molecule has 0 aliphatic rings. The summed E-state index contributed by atoms with van der Waals surface area (Å²) in [5.41, 5.74) is 0.670. The maximum absolute atomic E-state index is 12.0. The Morgan fingerprint density at radius 2 is 1.95 bits per heavy atom. The van der Waals surface area contributed by atoms with Gasteiger partial charge in [0.15, 0.2) is 0 Å². The number of nitrogens with one attached hydrogen (secondary N) is 1. The fraction of sp³-hybridized carbons (Fsp3) is 0.231. The molecule has 2 N–H and O–H groups in total. The summed E-state index contributed by atoms with van der Waals surface area (Å²) in [6.45, 7) is -1.65. The predicted octanol–water partition coefficient (Wildman–Crippen LogP) is 2.02. The lowest BCUT2D eigenvalue weighted by Crippen LogP contribution is -2.35. The smallest absolute Gasteiger partial charge is 0.405 e. The van der Waals surface area contributed by atoms with Crippen molar-refractivity contribution in [2.45, 2.75) is 12.7 Å². The van der Waals surface area contributed by atoms with E-state index in [1.807, 2.05) is 0 Å². The van der Waals surface area contributed by atoms with Crippen LogP contribution in [0.1, 0.15) is 10.4 Å². The van der Waals surface area contributed by atoms with Crippen molar-refractivity contribution in [2.24, 2.45) is 0 Å². The Bertz CT molecular complexity index is 692. The average molecular weight is 300 g/mol. The highest BCUT2D eigenvalue weighted by atomic mass is 19.4. The minimum Gasteiger partial charge on any atom is -0.478 e. The van der Waals surface area contributed by atoms with E-state index in [-0.39, 0.29) is 12.1 Å². The SMILES string of the molecule is O=C(Cn1ccc2cc(C(=O)O)ccc21)NCC(F)(F)F. The van der Waals surface area contributed by atoms with Crippen molar-refractivity contribution < 1.29 is 27.9 Å². The quantitative estimate of drug-likeness (QED) is 0.907. The Morgan fingerprint density at radius 1 is 1.24 bits per heavy atom. The van der Waals surface area contributed by atoms with E-state index < -0.39 is 24.6 Å². The summed E-state index contributed by atoms with van der Waals surface area (Å²) in [5.74, 6) is -1.85. The summed E-state index contributed by atoms with van der Waals surface area (Å²) in [5, 5.41) is 11.2. The van der Waals surface area contributed by atoms with E-state index in [2.05, 4.69) is 0 Å². The zero-order valence-corrected chi connectivity index (χ0v) is 10.6. The molecule has 8 heteroatoms. The van der Waals surface area contributed by atoms with Crippen molar-refractivity contribution in [2.75, 3.05) is 6.54 Å². The number of carboxylic acid groups (broad SMARTS) is 1. The van der Waals surface area contributed by atoms with Gasteiger partial charge < -0.3 is 15.0 Å². The van der Waals surface area contributed by atoms with Crippen LogP contribution >= 0.6 is 0 Å². The number of fused-ring (bicyclic) bond motifs is 1. The maximum atomic E-state index is 12.0. The van der Waals surface area contributed by atoms with Crippen molar-refractivity contribution >= 4 is 22.8 Å². The number of benzene rings is 1. The fourth-order valence-electron chi connectivity index (χ4n) is 1.88. The van der Waals surface area contributed by atoms with Gasteiger partial charge in [0.2, 0.25) is 5.91 Å². The van der Waals surface area contributed by atoms with E-state index in [0.717, 1.165) is 0 Å². The van der Waals surface area contributed by atoms with E-state index in [9.17, 15) is 22.8 Å². The first-order chi connectivity index (χ1) is 9.76. The van der Waals surface area contributed by atoms with Crippen LogP contribution in [0.2, 0.25) is 0 Å². The fourth-order valence-corrected chi connectivity index (χ4v) is 1.88. The monoisotopic (exact) mass is 300 g/mol. The van der Waals surface area contributed by atoms with E-state index in [4.69, 9.17) is 5.11 Å². The Balaban J connectivity index is 2.12. The summed E-state index contributed by atoms with van der Waals surface area (Å²) >= 11 is 0. The highest BCUT2D eigenvalue weighted by Gasteiger charge is 2.27. The number of aromatic carboxylic acids is 1. The topological polar surface area (TPSA) is 71.3 Å². The largest absolute Gasteiger partial charge is 0.478 e. The molecule has 0 aliphatic heterocycles. The lowest BCUT2D eigenvalue weighted by molar-refractivity contribution is -0.138. The number of nitrogens with zero attached hydrogens (tertiary/aromatic N) is 1. The maximum Gasteiger partial charge on any atom is 0.405 e. The lowest BCUT2D eigenvalue weighted by atomic mass is 10.1. The second-order valence-corrected chi connectivity index (χ2v) is 4.41. The normalized spacial score (nSPS) is 11.6. The third-order valence-electron chi connectivity index (χ3n) is 2.82. The molecule has 21 heavy (non-hydrogen) atoms. The molecule has 0 unspecified atom stereocenters. The lowest BCUT2D eigenvalue weighted by Gasteiger charge is -2.09. The van der Waals surface area contributed by atoms with Crippen molar-refractivity contribution in [1.82, 2.24) is 9.88 Å². The molecule has 1 amide bonds. The van der Waals surface area contributed by atoms with Crippen LogP contribution in [0.3, 0.4) is 0 Å². The molecular weight excluding hydrogens is 289 g/mol. The highest BCUT2D eigenvalue weighted by molar-refractivity contribution is 5.94. The van der Waals surface area contributed by atoms with Crippen molar-refractivity contribution in [3.8, 4) is 0 Å². The van der Waals surface area contributed by atoms with Gasteiger partial charge in [-0.05, 0) is 24.3 Å². The number of rotatable bonds is 4. The van der Waals surface area contributed by atoms with E-state index in [1.54, 1.807) is 11.4 Å². The summed E-state index contributed by atoms with van der Waals surface area (Å²) in [6.07, 6.45) is -2.94. The van der Waals surface area contributed by atoms with Crippen LogP contribution in [0.5, 0.6) is 0 Å². The van der Waals surface area contributed by atoms with Crippen LogP contribution in [0.25, 0.3) is 10.9 Å². The summed E-state index contributed by atoms with van der Waals surface area (Å²) in [6, 6.07) is 5.91. The minimum absolute atomic E-state index is 0.0989. The van der Waals surface area contributed by atoms with E-state index in [1.165, 1.54) is 29.0 Å². The van der Waals surface area contributed by atoms with Gasteiger partial charge in [0.1, 0.15) is 13.1 Å². The number of amides is 1. The molecule has 0 spiro atoms. The third kappa shape index (κ3) is 3.74. The summed E-state index contributed by atoms with van der Waals surface area (Å²) in [7, 11) is 0. The van der Waals surface area contributed by atoms with Crippen LogP contribution < -0.4 is 5.32 Å². The van der Waals surface area contributed by atoms with Gasteiger partial charge in [-0.15, -0.1) is 0 Å². The van der Waals surface area contributed by atoms with Gasteiger partial charge in [0, 0.05) is 17.1 Å². The molecule has 1 heterocycles. The second kappa shape index (κ2) is 5.47. The van der Waals surface area contributed by atoms with Gasteiger partial charge in [0.05, 0.1) is 5.56 Å². The zero-order valence-electron chi connectivity index (χ0n) is 10.6. The molecule has 0 aliphatic carbocycles. The highest BCUT2D eigenvalue weighted by Crippen LogP contribution is 2.18. The van der Waals surface area contributed by atoms with E-state index in [0.29, 0.717) is 10.9 Å². The van der Waals surface area contributed by atoms with Crippen molar-refractivity contribution in [3.63, 3.8) is 0 Å². The van der Waals surface area contributed by atoms with Crippen LogP contribution in [-0.4, -0.2) is 34.3 Å². The van der Waals surface area contributed by atoms with Gasteiger partial charge in [-0.25, -0.2) is 4.79 Å². The molecule has 1 aromatic carbocycles. The van der Waals surface area contributed by atoms with Gasteiger partial charge in [-0.3, -0.25) is 4.79 Å². The van der Waals surface area contributed by atoms with Gasteiger partial charge in [-0.1, -0.05) is 0 Å². The third-order valence-corrected chi connectivity index (χ3v) is 2.82. The van der Waals surface area contributed by atoms with Crippen molar-refractivity contribution in [3.05, 3.63) is 36.0 Å². The molecule has 0 radical (unpaired) electrons. The number of halogens is 3. The number of hydrogen-bond acceptors (Lipinski definition) is 2. The van der Waals surface area contributed by atoms with Crippen molar-refractivity contribution in [1.29, 1.82) is 0 Å². The minimum atomic E-state index is -4.45. The van der Waals surface area contributed by atoms with Gasteiger partial charge in [0.25, 0.3) is 0 Å². The Morgan fingerprint density at radius 3 is 2.57 bits per heavy atom. The van der Waals surface area contributed by atoms with Crippen LogP contribution in [0.15, 0.2) is 30.5 Å². The number of carboxylic acids is 1. The zero-order chi connectivity index (χ0) is 15.6. The molecule has 2 rings (SSSR count). The molecule has 0 saturated heterocycles. The number of hydrogen-bond donors (Lipinski definition) is 2. The molecule has 0 fully saturated rings.